The first-order chi connectivity index (χ1) is 11.7. The Morgan fingerprint density at radius 2 is 2.00 bits per heavy atom. The quantitative estimate of drug-likeness (QED) is 0.651. The fourth-order valence-corrected chi connectivity index (χ4v) is 2.19. The van der Waals surface area contributed by atoms with E-state index in [-0.39, 0.29) is 31.3 Å². The second kappa shape index (κ2) is 8.02. The van der Waals surface area contributed by atoms with E-state index >= 15 is 0 Å². The number of aromatic nitrogens is 4. The molecule has 0 saturated heterocycles. The highest BCUT2D eigenvalue weighted by Gasteiger charge is 2.14. The lowest BCUT2D eigenvalue weighted by Crippen LogP contribution is -2.15. The van der Waals surface area contributed by atoms with Crippen LogP contribution in [-0.2, 0) is 6.54 Å². The summed E-state index contributed by atoms with van der Waals surface area (Å²) in [5.74, 6) is -0.205. The van der Waals surface area contributed by atoms with Crippen LogP contribution in [0.15, 0.2) is 49.2 Å². The van der Waals surface area contributed by atoms with Crippen LogP contribution < -0.4 is 11.1 Å². The third-order valence-corrected chi connectivity index (χ3v) is 3.40. The van der Waals surface area contributed by atoms with Crippen LogP contribution in [0.5, 0.6) is 0 Å². The van der Waals surface area contributed by atoms with Gasteiger partial charge in [0.15, 0.2) is 0 Å². The van der Waals surface area contributed by atoms with E-state index in [1.807, 2.05) is 0 Å². The Morgan fingerprint density at radius 3 is 2.72 bits per heavy atom. The molecule has 0 aromatic carbocycles. The van der Waals surface area contributed by atoms with Crippen molar-refractivity contribution in [2.75, 3.05) is 17.7 Å². The molecule has 8 nitrogen and oxygen atoms in total. The van der Waals surface area contributed by atoms with Gasteiger partial charge in [0.25, 0.3) is 5.91 Å². The normalized spacial score (nSPS) is 10.1. The molecule has 8 heteroatoms. The van der Waals surface area contributed by atoms with Gasteiger partial charge in [0, 0.05) is 41.6 Å². The predicted octanol–water partition coefficient (Wildman–Crippen LogP) is 1.80. The number of anilines is 2. The van der Waals surface area contributed by atoms with E-state index in [1.54, 1.807) is 53.9 Å². The maximum absolute atomic E-state index is 12.4. The zero-order valence-electron chi connectivity index (χ0n) is 12.8. The molecule has 25 heavy (non-hydrogen) atoms. The van der Waals surface area contributed by atoms with Gasteiger partial charge in [-0.1, -0.05) is 7.43 Å². The van der Waals surface area contributed by atoms with Gasteiger partial charge >= 0.3 is 0 Å². The lowest BCUT2D eigenvalue weighted by molar-refractivity contribution is 0.102. The molecule has 1 amide bonds. The van der Waals surface area contributed by atoms with Crippen molar-refractivity contribution in [1.29, 1.82) is 0 Å². The first kappa shape index (κ1) is 18.1. The van der Waals surface area contributed by atoms with Crippen LogP contribution in [0.1, 0.15) is 17.8 Å². The monoisotopic (exact) mass is 340 g/mol. The summed E-state index contributed by atoms with van der Waals surface area (Å²) in [4.78, 5) is 20.4. The zero-order chi connectivity index (χ0) is 16.9. The van der Waals surface area contributed by atoms with Crippen LogP contribution in [0.2, 0.25) is 0 Å². The molecule has 0 aliphatic rings. The van der Waals surface area contributed by atoms with Crippen molar-refractivity contribution in [1.82, 2.24) is 19.7 Å². The third kappa shape index (κ3) is 4.18. The molecule has 4 N–H and O–H groups in total. The van der Waals surface area contributed by atoms with Gasteiger partial charge in [-0.25, -0.2) is 4.98 Å². The number of aliphatic hydroxyl groups excluding tert-OH is 1. The third-order valence-electron chi connectivity index (χ3n) is 3.40. The molecular formula is C17H20N6O2. The molecule has 0 fully saturated rings. The average Bonchev–Trinajstić information content (AvgIpc) is 3.05. The van der Waals surface area contributed by atoms with Gasteiger partial charge in [-0.15, -0.1) is 0 Å². The van der Waals surface area contributed by atoms with Crippen molar-refractivity contribution in [3.8, 4) is 11.1 Å². The summed E-state index contributed by atoms with van der Waals surface area (Å²) in [6.07, 6.45) is 8.17. The highest BCUT2D eigenvalue weighted by molar-refractivity contribution is 6.07. The Bertz CT molecular complexity index is 847. The zero-order valence-corrected chi connectivity index (χ0v) is 12.8. The highest BCUT2D eigenvalue weighted by atomic mass is 16.3. The summed E-state index contributed by atoms with van der Waals surface area (Å²) in [7, 11) is 0. The molecule has 0 aliphatic heterocycles. The lowest BCUT2D eigenvalue weighted by Gasteiger charge is -2.08. The topological polar surface area (TPSA) is 119 Å². The van der Waals surface area contributed by atoms with Crippen molar-refractivity contribution >= 4 is 17.4 Å². The fourth-order valence-electron chi connectivity index (χ4n) is 2.19. The number of nitrogen functional groups attached to an aromatic ring is 1. The number of nitrogens with two attached hydrogens (primary N) is 1. The maximum Gasteiger partial charge on any atom is 0.259 e. The Labute approximate surface area is 145 Å². The van der Waals surface area contributed by atoms with E-state index < -0.39 is 0 Å². The molecule has 0 saturated carbocycles. The van der Waals surface area contributed by atoms with Crippen LogP contribution in [-0.4, -0.2) is 37.4 Å². The summed E-state index contributed by atoms with van der Waals surface area (Å²) in [6.45, 7) is 0.401. The van der Waals surface area contributed by atoms with E-state index in [1.165, 1.54) is 0 Å². The maximum atomic E-state index is 12.4. The largest absolute Gasteiger partial charge is 0.394 e. The van der Waals surface area contributed by atoms with Gasteiger partial charge in [-0.3, -0.25) is 14.5 Å². The average molecular weight is 340 g/mol. The summed E-state index contributed by atoms with van der Waals surface area (Å²) in [5.41, 5.74) is 8.24. The fraction of sp³-hybridized carbons (Fsp3) is 0.176. The summed E-state index contributed by atoms with van der Waals surface area (Å²) in [5, 5.41) is 15.8. The number of nitrogens with zero attached hydrogens (tertiary/aromatic N) is 4. The number of pyridine rings is 2. The van der Waals surface area contributed by atoms with E-state index in [9.17, 15) is 4.79 Å². The number of amides is 1. The van der Waals surface area contributed by atoms with Gasteiger partial charge in [-0.05, 0) is 18.2 Å². The number of carbonyl (C=O) groups is 1. The molecular weight excluding hydrogens is 320 g/mol. The van der Waals surface area contributed by atoms with Crippen molar-refractivity contribution in [3.05, 3.63) is 54.7 Å². The van der Waals surface area contributed by atoms with Crippen molar-refractivity contribution in [2.45, 2.75) is 14.0 Å². The van der Waals surface area contributed by atoms with Crippen LogP contribution in [0, 0.1) is 0 Å². The van der Waals surface area contributed by atoms with Crippen LogP contribution in [0.3, 0.4) is 0 Å². The Hall–Kier alpha value is -3.26. The van der Waals surface area contributed by atoms with Crippen molar-refractivity contribution < 1.29 is 9.90 Å². The molecule has 3 aromatic rings. The Balaban J connectivity index is 0.00000225. The number of rotatable bonds is 5. The Morgan fingerprint density at radius 1 is 1.24 bits per heavy atom. The molecule has 0 unspecified atom stereocenters. The van der Waals surface area contributed by atoms with Gasteiger partial charge < -0.3 is 16.2 Å². The smallest absolute Gasteiger partial charge is 0.259 e. The molecule has 0 radical (unpaired) electrons. The molecule has 0 bridgehead atoms. The Kier molecular flexibility index (Phi) is 5.80. The van der Waals surface area contributed by atoms with Crippen LogP contribution in [0.4, 0.5) is 11.5 Å². The van der Waals surface area contributed by atoms with Gasteiger partial charge in [-0.2, -0.15) is 5.10 Å². The van der Waals surface area contributed by atoms with Crippen molar-refractivity contribution in [2.24, 2.45) is 0 Å². The number of aliphatic hydroxyl groups is 1. The lowest BCUT2D eigenvalue weighted by atomic mass is 10.1. The van der Waals surface area contributed by atoms with Gasteiger partial charge in [0.2, 0.25) is 0 Å². The second-order valence-corrected chi connectivity index (χ2v) is 5.06. The predicted molar refractivity (Wildman–Crippen MR) is 95.9 cm³/mol. The summed E-state index contributed by atoms with van der Waals surface area (Å²) in [6, 6.07) is 5.04. The minimum absolute atomic E-state index is 0. The first-order valence-electron chi connectivity index (χ1n) is 7.28. The number of hydrogen-bond donors (Lipinski definition) is 3. The van der Waals surface area contributed by atoms with E-state index in [0.29, 0.717) is 17.8 Å². The van der Waals surface area contributed by atoms with Crippen LogP contribution >= 0.6 is 0 Å². The molecule has 130 valence electrons. The molecule has 0 atom stereocenters. The van der Waals surface area contributed by atoms with E-state index in [2.05, 4.69) is 20.4 Å². The molecule has 3 rings (SSSR count). The van der Waals surface area contributed by atoms with E-state index in [0.717, 1.165) is 5.56 Å². The van der Waals surface area contributed by atoms with Gasteiger partial charge in [0.1, 0.15) is 5.82 Å². The molecule has 0 aliphatic carbocycles. The molecule has 3 heterocycles. The summed E-state index contributed by atoms with van der Waals surface area (Å²) >= 11 is 0. The van der Waals surface area contributed by atoms with Gasteiger partial charge in [0.05, 0.1) is 24.9 Å². The minimum atomic E-state index is -0.351. The number of hydrogen-bond acceptors (Lipinski definition) is 6. The number of carbonyl (C=O) groups excluding carboxylic acids is 1. The van der Waals surface area contributed by atoms with E-state index in [4.69, 9.17) is 10.8 Å². The van der Waals surface area contributed by atoms with Crippen LogP contribution in [0.25, 0.3) is 11.1 Å². The summed E-state index contributed by atoms with van der Waals surface area (Å²) < 4.78 is 1.61. The molecule has 0 spiro atoms. The van der Waals surface area contributed by atoms with Crippen molar-refractivity contribution in [3.63, 3.8) is 0 Å². The minimum Gasteiger partial charge on any atom is -0.394 e. The number of nitrogens with one attached hydrogen (secondary N) is 1. The molecule has 3 aromatic heterocycles. The highest BCUT2D eigenvalue weighted by Crippen LogP contribution is 2.22. The SMILES string of the molecule is C.Nc1ncc(-c2cnn(CCO)c2)cc1C(=O)Nc1ccncc1. The first-order valence-corrected chi connectivity index (χ1v) is 7.28. The standard InChI is InChI=1S/C16H16N6O2.CH4/c17-15-14(16(24)21-13-1-3-18-4-2-13)7-11(8-19-15)12-9-20-22(10-12)5-6-23;/h1-4,7-10,23H,5-6H2,(H2,17,19)(H,18,21,24);1H4. The second-order valence-electron chi connectivity index (χ2n) is 5.06.